The first kappa shape index (κ1) is 8.19. The first-order valence-corrected chi connectivity index (χ1v) is 4.42. The van der Waals surface area contributed by atoms with Gasteiger partial charge in [-0.3, -0.25) is 0 Å². The van der Waals surface area contributed by atoms with Crippen LogP contribution in [0.2, 0.25) is 0 Å². The lowest BCUT2D eigenvalue weighted by Crippen LogP contribution is -2.22. The van der Waals surface area contributed by atoms with Gasteiger partial charge in [-0.1, -0.05) is 25.1 Å². The van der Waals surface area contributed by atoms with Crippen molar-refractivity contribution in [3.8, 4) is 18.1 Å². The molecule has 13 heavy (non-hydrogen) atoms. The van der Waals surface area contributed by atoms with Gasteiger partial charge in [-0.05, 0) is 6.07 Å². The van der Waals surface area contributed by atoms with Crippen LogP contribution in [0.4, 0.5) is 0 Å². The lowest BCUT2D eigenvalue weighted by molar-refractivity contribution is 0.281. The highest BCUT2D eigenvalue weighted by molar-refractivity contribution is 5.43. The summed E-state index contributed by atoms with van der Waals surface area (Å²) in [5.74, 6) is 3.70. The molecule has 1 unspecified atom stereocenters. The number of terminal acetylenes is 1. The van der Waals surface area contributed by atoms with Gasteiger partial charge in [0.05, 0.1) is 6.61 Å². The molecule has 1 aliphatic heterocycles. The fraction of sp³-hybridized carbons (Fsp3) is 0.333. The summed E-state index contributed by atoms with van der Waals surface area (Å²) in [5.41, 5.74) is 1.26. The van der Waals surface area contributed by atoms with E-state index in [1.807, 2.05) is 18.2 Å². The maximum absolute atomic E-state index is 5.57. The molecule has 0 spiro atoms. The summed E-state index contributed by atoms with van der Waals surface area (Å²) < 4.78 is 5.57. The van der Waals surface area contributed by atoms with E-state index in [1.54, 1.807) is 0 Å². The molecule has 0 N–H and O–H groups in total. The van der Waals surface area contributed by atoms with Crippen LogP contribution >= 0.6 is 0 Å². The highest BCUT2D eigenvalue weighted by atomic mass is 16.5. The highest BCUT2D eigenvalue weighted by Gasteiger charge is 2.34. The number of ether oxygens (including phenoxy) is 1. The first-order valence-electron chi connectivity index (χ1n) is 4.42. The predicted octanol–water partition coefficient (Wildman–Crippen LogP) is 2.36. The van der Waals surface area contributed by atoms with Gasteiger partial charge in [0.15, 0.2) is 0 Å². The summed E-state index contributed by atoms with van der Waals surface area (Å²) in [6, 6.07) is 8.11. The van der Waals surface area contributed by atoms with Crippen molar-refractivity contribution in [2.75, 3.05) is 6.61 Å². The van der Waals surface area contributed by atoms with Crippen molar-refractivity contribution in [3.05, 3.63) is 29.8 Å². The van der Waals surface area contributed by atoms with Crippen molar-refractivity contribution in [1.29, 1.82) is 0 Å². The van der Waals surface area contributed by atoms with Gasteiger partial charge in [0.2, 0.25) is 0 Å². The zero-order valence-corrected chi connectivity index (χ0v) is 7.71. The number of hydrogen-bond donors (Lipinski definition) is 0. The van der Waals surface area contributed by atoms with Crippen LogP contribution in [0.15, 0.2) is 24.3 Å². The van der Waals surface area contributed by atoms with Gasteiger partial charge >= 0.3 is 0 Å². The van der Waals surface area contributed by atoms with E-state index in [0.717, 1.165) is 12.2 Å². The largest absolute Gasteiger partial charge is 0.492 e. The highest BCUT2D eigenvalue weighted by Crippen LogP contribution is 2.40. The van der Waals surface area contributed by atoms with Crippen LogP contribution in [0, 0.1) is 12.3 Å². The second kappa shape index (κ2) is 2.81. The van der Waals surface area contributed by atoms with Gasteiger partial charge < -0.3 is 4.74 Å². The lowest BCUT2D eigenvalue weighted by Gasteiger charge is -2.18. The SMILES string of the molecule is C#CCC1(C)COc2ccccc21. The van der Waals surface area contributed by atoms with Crippen LogP contribution in [-0.4, -0.2) is 6.61 Å². The minimum absolute atomic E-state index is 0.0192. The second-order valence-corrected chi connectivity index (χ2v) is 3.73. The van der Waals surface area contributed by atoms with Crippen LogP contribution < -0.4 is 4.74 Å². The average Bonchev–Trinajstić information content (AvgIpc) is 2.46. The quantitative estimate of drug-likeness (QED) is 0.591. The topological polar surface area (TPSA) is 9.23 Å². The molecule has 1 aliphatic rings. The molecule has 1 heterocycles. The Morgan fingerprint density at radius 1 is 1.54 bits per heavy atom. The summed E-state index contributed by atoms with van der Waals surface area (Å²) in [6.07, 6.45) is 6.09. The minimum Gasteiger partial charge on any atom is -0.492 e. The number of hydrogen-bond acceptors (Lipinski definition) is 1. The normalized spacial score (nSPS) is 24.6. The van der Waals surface area contributed by atoms with E-state index >= 15 is 0 Å². The molecule has 1 aromatic carbocycles. The van der Waals surface area contributed by atoms with Crippen LogP contribution in [0.1, 0.15) is 18.9 Å². The fourth-order valence-corrected chi connectivity index (χ4v) is 1.78. The van der Waals surface area contributed by atoms with E-state index in [1.165, 1.54) is 5.56 Å². The molecule has 0 fully saturated rings. The Balaban J connectivity index is 2.44. The Labute approximate surface area is 78.7 Å². The maximum Gasteiger partial charge on any atom is 0.123 e. The minimum atomic E-state index is 0.0192. The van der Waals surface area contributed by atoms with E-state index in [9.17, 15) is 0 Å². The molecule has 1 nitrogen and oxygen atoms in total. The summed E-state index contributed by atoms with van der Waals surface area (Å²) in [5, 5.41) is 0. The Bertz CT molecular complexity index is 362. The van der Waals surface area contributed by atoms with Gasteiger partial charge in [0, 0.05) is 17.4 Å². The Morgan fingerprint density at radius 3 is 3.08 bits per heavy atom. The maximum atomic E-state index is 5.57. The molecule has 0 aromatic heterocycles. The van der Waals surface area contributed by atoms with Gasteiger partial charge in [0.25, 0.3) is 0 Å². The Morgan fingerprint density at radius 2 is 2.31 bits per heavy atom. The molecule has 0 bridgehead atoms. The molecule has 1 atom stereocenters. The van der Waals surface area contributed by atoms with Crippen molar-refractivity contribution in [3.63, 3.8) is 0 Å². The predicted molar refractivity (Wildman–Crippen MR) is 52.7 cm³/mol. The molecular weight excluding hydrogens is 160 g/mol. The van der Waals surface area contributed by atoms with Crippen molar-refractivity contribution in [2.45, 2.75) is 18.8 Å². The Hall–Kier alpha value is -1.42. The second-order valence-electron chi connectivity index (χ2n) is 3.73. The van der Waals surface area contributed by atoms with E-state index in [-0.39, 0.29) is 5.41 Å². The Kier molecular flexibility index (Phi) is 1.77. The third kappa shape index (κ3) is 1.19. The van der Waals surface area contributed by atoms with Gasteiger partial charge in [-0.25, -0.2) is 0 Å². The summed E-state index contributed by atoms with van der Waals surface area (Å²) in [7, 11) is 0. The fourth-order valence-electron chi connectivity index (χ4n) is 1.78. The standard InChI is InChI=1S/C12H12O/c1-3-8-12(2)9-13-11-7-5-4-6-10(11)12/h1,4-7H,8-9H2,2H3. The van der Waals surface area contributed by atoms with Crippen LogP contribution in [0.5, 0.6) is 5.75 Å². The van der Waals surface area contributed by atoms with Gasteiger partial charge in [-0.2, -0.15) is 0 Å². The van der Waals surface area contributed by atoms with Crippen LogP contribution in [-0.2, 0) is 5.41 Å². The smallest absolute Gasteiger partial charge is 0.123 e. The van der Waals surface area contributed by atoms with E-state index in [0.29, 0.717) is 6.61 Å². The molecule has 66 valence electrons. The van der Waals surface area contributed by atoms with E-state index in [2.05, 4.69) is 18.9 Å². The molecule has 0 radical (unpaired) electrons. The molecule has 2 rings (SSSR count). The first-order chi connectivity index (χ1) is 6.26. The van der Waals surface area contributed by atoms with Crippen molar-refractivity contribution in [2.24, 2.45) is 0 Å². The third-order valence-corrected chi connectivity index (χ3v) is 2.58. The monoisotopic (exact) mass is 172 g/mol. The number of rotatable bonds is 1. The summed E-state index contributed by atoms with van der Waals surface area (Å²) >= 11 is 0. The molecule has 1 aromatic rings. The van der Waals surface area contributed by atoms with E-state index in [4.69, 9.17) is 11.2 Å². The van der Waals surface area contributed by atoms with E-state index < -0.39 is 0 Å². The molecule has 0 saturated carbocycles. The van der Waals surface area contributed by atoms with Crippen molar-refractivity contribution >= 4 is 0 Å². The number of benzene rings is 1. The van der Waals surface area contributed by atoms with Crippen LogP contribution in [0.3, 0.4) is 0 Å². The lowest BCUT2D eigenvalue weighted by atomic mass is 9.82. The zero-order chi connectivity index (χ0) is 9.31. The third-order valence-electron chi connectivity index (χ3n) is 2.58. The van der Waals surface area contributed by atoms with Gasteiger partial charge in [-0.15, -0.1) is 12.3 Å². The number of para-hydroxylation sites is 1. The van der Waals surface area contributed by atoms with Crippen LogP contribution in [0.25, 0.3) is 0 Å². The molecular formula is C12H12O. The summed E-state index contributed by atoms with van der Waals surface area (Å²) in [6.45, 7) is 2.86. The number of fused-ring (bicyclic) bond motifs is 1. The molecule has 0 aliphatic carbocycles. The van der Waals surface area contributed by atoms with Gasteiger partial charge in [0.1, 0.15) is 5.75 Å². The summed E-state index contributed by atoms with van der Waals surface area (Å²) in [4.78, 5) is 0. The molecule has 0 saturated heterocycles. The average molecular weight is 172 g/mol. The van der Waals surface area contributed by atoms with Crippen molar-refractivity contribution in [1.82, 2.24) is 0 Å². The molecule has 1 heteroatoms. The van der Waals surface area contributed by atoms with Crippen molar-refractivity contribution < 1.29 is 4.74 Å². The zero-order valence-electron chi connectivity index (χ0n) is 7.71. The molecule has 0 amide bonds.